The van der Waals surface area contributed by atoms with E-state index in [9.17, 15) is 4.79 Å². The van der Waals surface area contributed by atoms with Crippen LogP contribution in [0.1, 0.15) is 28.8 Å². The van der Waals surface area contributed by atoms with Crippen LogP contribution in [0.4, 0.5) is 0 Å². The third-order valence-electron chi connectivity index (χ3n) is 2.55. The molecular formula is C13H20N2OS. The highest BCUT2D eigenvalue weighted by molar-refractivity contribution is 7.98. The number of carbonyl (C=O) groups excluding carboxylic acids is 1. The van der Waals surface area contributed by atoms with E-state index in [1.807, 2.05) is 30.0 Å². The van der Waals surface area contributed by atoms with E-state index in [-0.39, 0.29) is 5.91 Å². The van der Waals surface area contributed by atoms with E-state index in [1.54, 1.807) is 6.07 Å². The Bertz CT molecular complexity index is 355. The second-order valence-corrected chi connectivity index (χ2v) is 4.88. The molecule has 3 nitrogen and oxygen atoms in total. The highest BCUT2D eigenvalue weighted by atomic mass is 32.2. The topological polar surface area (TPSA) is 55.1 Å². The summed E-state index contributed by atoms with van der Waals surface area (Å²) in [5.74, 6) is 0.851. The highest BCUT2D eigenvalue weighted by Gasteiger charge is 2.05. The second kappa shape index (κ2) is 8.14. The van der Waals surface area contributed by atoms with E-state index in [4.69, 9.17) is 5.73 Å². The summed E-state index contributed by atoms with van der Waals surface area (Å²) >= 11 is 1.87. The van der Waals surface area contributed by atoms with Crippen molar-refractivity contribution in [1.82, 2.24) is 5.32 Å². The summed E-state index contributed by atoms with van der Waals surface area (Å²) in [4.78, 5) is 11.2. The molecule has 0 atom stereocenters. The standard InChI is InChI=1S/C13H20N2OS/c1-17-9-5-4-8-15-10-11-6-2-3-7-12(11)13(14)16/h2-3,6-7,15H,4-5,8-10H2,1H3,(H2,14,16). The maximum atomic E-state index is 11.2. The lowest BCUT2D eigenvalue weighted by Crippen LogP contribution is -2.19. The quantitative estimate of drug-likeness (QED) is 0.696. The summed E-state index contributed by atoms with van der Waals surface area (Å²) in [6.07, 6.45) is 4.52. The third kappa shape index (κ3) is 5.24. The van der Waals surface area contributed by atoms with Gasteiger partial charge in [0.05, 0.1) is 0 Å². The van der Waals surface area contributed by atoms with E-state index in [1.165, 1.54) is 18.6 Å². The van der Waals surface area contributed by atoms with Crippen molar-refractivity contribution in [2.45, 2.75) is 19.4 Å². The van der Waals surface area contributed by atoms with Crippen molar-refractivity contribution in [3.63, 3.8) is 0 Å². The summed E-state index contributed by atoms with van der Waals surface area (Å²) in [6.45, 7) is 1.69. The van der Waals surface area contributed by atoms with Gasteiger partial charge in [-0.2, -0.15) is 11.8 Å². The zero-order valence-electron chi connectivity index (χ0n) is 10.2. The van der Waals surface area contributed by atoms with Gasteiger partial charge in [0.15, 0.2) is 0 Å². The minimum atomic E-state index is -0.357. The average Bonchev–Trinajstić information content (AvgIpc) is 2.34. The van der Waals surface area contributed by atoms with Crippen molar-refractivity contribution in [3.8, 4) is 0 Å². The monoisotopic (exact) mass is 252 g/mol. The van der Waals surface area contributed by atoms with E-state index in [0.29, 0.717) is 12.1 Å². The van der Waals surface area contributed by atoms with Gasteiger partial charge in [-0.25, -0.2) is 0 Å². The van der Waals surface area contributed by atoms with E-state index in [0.717, 1.165) is 12.1 Å². The summed E-state index contributed by atoms with van der Waals surface area (Å²) < 4.78 is 0. The molecule has 17 heavy (non-hydrogen) atoms. The van der Waals surface area contributed by atoms with Gasteiger partial charge < -0.3 is 11.1 Å². The van der Waals surface area contributed by atoms with Crippen LogP contribution in [0.2, 0.25) is 0 Å². The van der Waals surface area contributed by atoms with Gasteiger partial charge in [0, 0.05) is 12.1 Å². The molecule has 0 radical (unpaired) electrons. The summed E-state index contributed by atoms with van der Waals surface area (Å²) in [7, 11) is 0. The van der Waals surface area contributed by atoms with E-state index < -0.39 is 0 Å². The van der Waals surface area contributed by atoms with E-state index >= 15 is 0 Å². The molecule has 0 bridgehead atoms. The van der Waals surface area contributed by atoms with Crippen LogP contribution in [0.5, 0.6) is 0 Å². The first-order valence-electron chi connectivity index (χ1n) is 5.83. The average molecular weight is 252 g/mol. The Balaban J connectivity index is 2.34. The fourth-order valence-corrected chi connectivity index (χ4v) is 2.13. The lowest BCUT2D eigenvalue weighted by molar-refractivity contribution is 0.0999. The number of rotatable bonds is 8. The molecule has 3 N–H and O–H groups in total. The summed E-state index contributed by atoms with van der Waals surface area (Å²) in [5.41, 5.74) is 6.91. The molecule has 1 aromatic rings. The van der Waals surface area contributed by atoms with Crippen LogP contribution in [0, 0.1) is 0 Å². The van der Waals surface area contributed by atoms with Crippen LogP contribution in [-0.4, -0.2) is 24.5 Å². The molecule has 0 fully saturated rings. The van der Waals surface area contributed by atoms with E-state index in [2.05, 4.69) is 11.6 Å². The number of hydrogen-bond acceptors (Lipinski definition) is 3. The number of hydrogen-bond donors (Lipinski definition) is 2. The molecule has 0 unspecified atom stereocenters. The molecular weight excluding hydrogens is 232 g/mol. The Morgan fingerprint density at radius 2 is 2.12 bits per heavy atom. The fraction of sp³-hybridized carbons (Fsp3) is 0.462. The third-order valence-corrected chi connectivity index (χ3v) is 3.25. The lowest BCUT2D eigenvalue weighted by atomic mass is 10.1. The normalized spacial score (nSPS) is 10.4. The maximum absolute atomic E-state index is 11.2. The van der Waals surface area contributed by atoms with Crippen molar-refractivity contribution in [3.05, 3.63) is 35.4 Å². The molecule has 0 heterocycles. The number of primary amides is 1. The van der Waals surface area contributed by atoms with Crippen molar-refractivity contribution < 1.29 is 4.79 Å². The SMILES string of the molecule is CSCCCCNCc1ccccc1C(N)=O. The second-order valence-electron chi connectivity index (χ2n) is 3.90. The Hall–Kier alpha value is -1.00. The number of nitrogens with two attached hydrogens (primary N) is 1. The Morgan fingerprint density at radius 1 is 1.35 bits per heavy atom. The molecule has 0 aromatic heterocycles. The summed E-state index contributed by atoms with van der Waals surface area (Å²) in [5, 5.41) is 3.34. The molecule has 1 rings (SSSR count). The zero-order valence-corrected chi connectivity index (χ0v) is 11.1. The molecule has 0 aliphatic heterocycles. The van der Waals surface area contributed by atoms with Crippen molar-refractivity contribution in [1.29, 1.82) is 0 Å². The predicted octanol–water partition coefficient (Wildman–Crippen LogP) is 2.02. The van der Waals surface area contributed by atoms with Crippen LogP contribution in [0.3, 0.4) is 0 Å². The molecule has 0 aliphatic carbocycles. The van der Waals surface area contributed by atoms with Crippen LogP contribution in [-0.2, 0) is 6.54 Å². The minimum absolute atomic E-state index is 0.357. The molecule has 0 saturated heterocycles. The maximum Gasteiger partial charge on any atom is 0.249 e. The van der Waals surface area contributed by atoms with Crippen LogP contribution in [0.25, 0.3) is 0 Å². The van der Waals surface area contributed by atoms with Gasteiger partial charge in [-0.15, -0.1) is 0 Å². The lowest BCUT2D eigenvalue weighted by Gasteiger charge is -2.08. The van der Waals surface area contributed by atoms with Gasteiger partial charge in [-0.05, 0) is 43.0 Å². The van der Waals surface area contributed by atoms with Crippen LogP contribution < -0.4 is 11.1 Å². The molecule has 94 valence electrons. The van der Waals surface area contributed by atoms with Gasteiger partial charge in [0.25, 0.3) is 0 Å². The van der Waals surface area contributed by atoms with Crippen molar-refractivity contribution >= 4 is 17.7 Å². The van der Waals surface area contributed by atoms with Gasteiger partial charge >= 0.3 is 0 Å². The smallest absolute Gasteiger partial charge is 0.249 e. The van der Waals surface area contributed by atoms with Gasteiger partial charge in [0.2, 0.25) is 5.91 Å². The number of carbonyl (C=O) groups is 1. The number of benzene rings is 1. The Kier molecular flexibility index (Phi) is 6.74. The fourth-order valence-electron chi connectivity index (χ4n) is 1.63. The number of unbranched alkanes of at least 4 members (excludes halogenated alkanes) is 1. The van der Waals surface area contributed by atoms with Gasteiger partial charge in [-0.1, -0.05) is 18.2 Å². The molecule has 1 aromatic carbocycles. The minimum Gasteiger partial charge on any atom is -0.366 e. The largest absolute Gasteiger partial charge is 0.366 e. The first-order valence-corrected chi connectivity index (χ1v) is 7.22. The first kappa shape index (κ1) is 14.1. The number of amides is 1. The Labute approximate surface area is 107 Å². The van der Waals surface area contributed by atoms with Crippen molar-refractivity contribution in [2.24, 2.45) is 5.73 Å². The highest BCUT2D eigenvalue weighted by Crippen LogP contribution is 2.07. The molecule has 4 heteroatoms. The first-order chi connectivity index (χ1) is 8.25. The molecule has 1 amide bonds. The zero-order chi connectivity index (χ0) is 12.5. The van der Waals surface area contributed by atoms with Gasteiger partial charge in [0.1, 0.15) is 0 Å². The Morgan fingerprint density at radius 3 is 2.82 bits per heavy atom. The van der Waals surface area contributed by atoms with Crippen LogP contribution >= 0.6 is 11.8 Å². The van der Waals surface area contributed by atoms with Crippen LogP contribution in [0.15, 0.2) is 24.3 Å². The molecule has 0 saturated carbocycles. The summed E-state index contributed by atoms with van der Waals surface area (Å²) in [6, 6.07) is 7.47. The molecule has 0 spiro atoms. The number of nitrogens with one attached hydrogen (secondary N) is 1. The predicted molar refractivity (Wildman–Crippen MR) is 74.3 cm³/mol. The van der Waals surface area contributed by atoms with Crippen molar-refractivity contribution in [2.75, 3.05) is 18.6 Å². The molecule has 0 aliphatic rings. The number of thioether (sulfide) groups is 1. The van der Waals surface area contributed by atoms with Gasteiger partial charge in [-0.3, -0.25) is 4.79 Å².